The van der Waals surface area contributed by atoms with Crippen LogP contribution >= 0.6 is 0 Å². The number of rotatable bonds is 4. The lowest BCUT2D eigenvalue weighted by Gasteiger charge is -2.44. The van der Waals surface area contributed by atoms with Crippen molar-refractivity contribution in [1.29, 1.82) is 0 Å². The molecule has 1 spiro atoms. The first-order valence-corrected chi connectivity index (χ1v) is 10.7. The van der Waals surface area contributed by atoms with E-state index in [0.717, 1.165) is 22.4 Å². The molecule has 6 heteroatoms. The average Bonchev–Trinajstić information content (AvgIpc) is 2.75. The van der Waals surface area contributed by atoms with Gasteiger partial charge in [0.1, 0.15) is 22.8 Å². The van der Waals surface area contributed by atoms with Crippen molar-refractivity contribution >= 4 is 11.7 Å². The molecular weight excluding hydrogens is 394 g/mol. The molecule has 4 rings (SSSR count). The van der Waals surface area contributed by atoms with Gasteiger partial charge < -0.3 is 19.1 Å². The molecule has 0 aromatic heterocycles. The molecule has 6 nitrogen and oxygen atoms in total. The highest BCUT2D eigenvalue weighted by Gasteiger charge is 2.43. The lowest BCUT2D eigenvalue weighted by Crippen LogP contribution is -2.53. The van der Waals surface area contributed by atoms with Gasteiger partial charge in [0.15, 0.2) is 12.4 Å². The van der Waals surface area contributed by atoms with Crippen LogP contribution in [-0.4, -0.2) is 49.0 Å². The minimum atomic E-state index is -0.557. The second-order valence-corrected chi connectivity index (χ2v) is 8.62. The van der Waals surface area contributed by atoms with Gasteiger partial charge in [-0.1, -0.05) is 6.07 Å². The summed E-state index contributed by atoms with van der Waals surface area (Å²) in [4.78, 5) is 27.2. The molecule has 1 fully saturated rings. The third-order valence-corrected chi connectivity index (χ3v) is 6.44. The molecule has 0 saturated carbocycles. The summed E-state index contributed by atoms with van der Waals surface area (Å²) in [6, 6.07) is 9.37. The van der Waals surface area contributed by atoms with Crippen molar-refractivity contribution in [3.63, 3.8) is 0 Å². The van der Waals surface area contributed by atoms with E-state index in [1.54, 1.807) is 30.2 Å². The Kier molecular flexibility index (Phi) is 5.65. The fraction of sp³-hybridized carbons (Fsp3) is 0.440. The zero-order valence-electron chi connectivity index (χ0n) is 18.6. The Morgan fingerprint density at radius 1 is 1.13 bits per heavy atom. The van der Waals surface area contributed by atoms with Crippen molar-refractivity contribution in [1.82, 2.24) is 4.90 Å². The fourth-order valence-corrected chi connectivity index (χ4v) is 4.43. The number of ether oxygens (including phenoxy) is 3. The van der Waals surface area contributed by atoms with Crippen LogP contribution in [0.3, 0.4) is 0 Å². The summed E-state index contributed by atoms with van der Waals surface area (Å²) < 4.78 is 17.4. The third kappa shape index (κ3) is 4.24. The molecule has 2 aromatic rings. The van der Waals surface area contributed by atoms with Crippen LogP contribution in [0.25, 0.3) is 0 Å². The summed E-state index contributed by atoms with van der Waals surface area (Å²) in [5.74, 6) is 2.03. The molecule has 0 bridgehead atoms. The minimum absolute atomic E-state index is 0.0105. The number of amides is 1. The van der Waals surface area contributed by atoms with Crippen molar-refractivity contribution in [3.8, 4) is 17.2 Å². The first-order valence-electron chi connectivity index (χ1n) is 10.7. The predicted molar refractivity (Wildman–Crippen MR) is 117 cm³/mol. The Balaban J connectivity index is 1.38. The van der Waals surface area contributed by atoms with E-state index in [1.165, 1.54) is 0 Å². The van der Waals surface area contributed by atoms with Crippen LogP contribution in [0.4, 0.5) is 0 Å². The fourth-order valence-electron chi connectivity index (χ4n) is 4.43. The van der Waals surface area contributed by atoms with E-state index in [9.17, 15) is 9.59 Å². The monoisotopic (exact) mass is 423 g/mol. The summed E-state index contributed by atoms with van der Waals surface area (Å²) in [5.41, 5.74) is 3.36. The number of fused-ring (bicyclic) bond motifs is 1. The first-order chi connectivity index (χ1) is 14.8. The van der Waals surface area contributed by atoms with Crippen LogP contribution in [0, 0.1) is 20.8 Å². The number of hydrogen-bond donors (Lipinski definition) is 0. The van der Waals surface area contributed by atoms with Gasteiger partial charge in [-0.15, -0.1) is 0 Å². The Hall–Kier alpha value is -3.02. The number of piperidine rings is 1. The van der Waals surface area contributed by atoms with Gasteiger partial charge in [0.25, 0.3) is 5.91 Å². The van der Waals surface area contributed by atoms with Gasteiger partial charge in [0.2, 0.25) is 0 Å². The van der Waals surface area contributed by atoms with Crippen LogP contribution < -0.4 is 14.2 Å². The minimum Gasteiger partial charge on any atom is -0.497 e. The van der Waals surface area contributed by atoms with E-state index >= 15 is 0 Å². The molecule has 0 atom stereocenters. The Labute approximate surface area is 183 Å². The molecule has 2 aliphatic rings. The van der Waals surface area contributed by atoms with Crippen molar-refractivity contribution in [2.45, 2.75) is 45.6 Å². The summed E-state index contributed by atoms with van der Waals surface area (Å²) in [5, 5.41) is 0. The summed E-state index contributed by atoms with van der Waals surface area (Å²) in [7, 11) is 1.59. The Morgan fingerprint density at radius 3 is 2.58 bits per heavy atom. The van der Waals surface area contributed by atoms with Crippen LogP contribution in [0.1, 0.15) is 46.3 Å². The molecule has 2 heterocycles. The van der Waals surface area contributed by atoms with Crippen LogP contribution in [-0.2, 0) is 4.79 Å². The molecule has 2 aromatic carbocycles. The van der Waals surface area contributed by atoms with E-state index < -0.39 is 5.60 Å². The van der Waals surface area contributed by atoms with Gasteiger partial charge in [-0.3, -0.25) is 9.59 Å². The predicted octanol–water partition coefficient (Wildman–Crippen LogP) is 4.03. The topological polar surface area (TPSA) is 65.1 Å². The zero-order valence-corrected chi connectivity index (χ0v) is 18.6. The average molecular weight is 424 g/mol. The highest BCUT2D eigenvalue weighted by molar-refractivity contribution is 6.00. The number of aryl methyl sites for hydroxylation is 2. The van der Waals surface area contributed by atoms with E-state index in [2.05, 4.69) is 6.07 Å². The second-order valence-electron chi connectivity index (χ2n) is 8.62. The second kappa shape index (κ2) is 8.25. The van der Waals surface area contributed by atoms with E-state index in [0.29, 0.717) is 49.4 Å². The molecular formula is C25H29NO5. The lowest BCUT2D eigenvalue weighted by atomic mass is 9.82. The molecule has 31 heavy (non-hydrogen) atoms. The van der Waals surface area contributed by atoms with Crippen molar-refractivity contribution < 1.29 is 23.8 Å². The molecule has 0 radical (unpaired) electrons. The van der Waals surface area contributed by atoms with Gasteiger partial charge in [-0.05, 0) is 55.7 Å². The van der Waals surface area contributed by atoms with Crippen LogP contribution in [0.2, 0.25) is 0 Å². The standard InChI is InChI=1S/C25H29NO5/c1-16-11-17(2)18(3)22(12-16)30-15-24(28)26-9-7-25(8-10-26)14-21(27)20-6-5-19(29-4)13-23(20)31-25/h5-6,11-13H,7-10,14-15H2,1-4H3. The highest BCUT2D eigenvalue weighted by atomic mass is 16.5. The van der Waals surface area contributed by atoms with Gasteiger partial charge in [0.05, 0.1) is 19.1 Å². The summed E-state index contributed by atoms with van der Waals surface area (Å²) in [6.07, 6.45) is 1.57. The normalized spacial score (nSPS) is 17.2. The van der Waals surface area contributed by atoms with Crippen molar-refractivity contribution in [3.05, 3.63) is 52.6 Å². The number of ketones is 1. The van der Waals surface area contributed by atoms with Gasteiger partial charge in [-0.2, -0.15) is 0 Å². The molecule has 0 aliphatic carbocycles. The lowest BCUT2D eigenvalue weighted by molar-refractivity contribution is -0.136. The number of carbonyl (C=O) groups is 2. The van der Waals surface area contributed by atoms with E-state index in [-0.39, 0.29) is 18.3 Å². The zero-order chi connectivity index (χ0) is 22.2. The number of methoxy groups -OCH3 is 1. The van der Waals surface area contributed by atoms with Crippen molar-refractivity contribution in [2.75, 3.05) is 26.8 Å². The van der Waals surface area contributed by atoms with Gasteiger partial charge >= 0.3 is 0 Å². The maximum Gasteiger partial charge on any atom is 0.260 e. The summed E-state index contributed by atoms with van der Waals surface area (Å²) >= 11 is 0. The molecule has 0 unspecified atom stereocenters. The highest BCUT2D eigenvalue weighted by Crippen LogP contribution is 2.40. The SMILES string of the molecule is COc1ccc2c(c1)OC1(CCN(C(=O)COc3cc(C)cc(C)c3C)CC1)CC2=O. The number of carbonyl (C=O) groups excluding carboxylic acids is 2. The number of likely N-dealkylation sites (tertiary alicyclic amines) is 1. The third-order valence-electron chi connectivity index (χ3n) is 6.44. The molecule has 1 amide bonds. The van der Waals surface area contributed by atoms with Gasteiger partial charge in [0, 0.05) is 32.0 Å². The molecule has 164 valence electrons. The van der Waals surface area contributed by atoms with E-state index in [4.69, 9.17) is 14.2 Å². The van der Waals surface area contributed by atoms with Crippen LogP contribution in [0.5, 0.6) is 17.2 Å². The first kappa shape index (κ1) is 21.2. The largest absolute Gasteiger partial charge is 0.497 e. The molecule has 0 N–H and O–H groups in total. The number of nitrogens with zero attached hydrogens (tertiary/aromatic N) is 1. The smallest absolute Gasteiger partial charge is 0.260 e. The molecule has 2 aliphatic heterocycles. The number of benzene rings is 2. The number of Topliss-reactive ketones (excluding diaryl/α,β-unsaturated/α-hetero) is 1. The van der Waals surface area contributed by atoms with Crippen LogP contribution in [0.15, 0.2) is 30.3 Å². The maximum atomic E-state index is 12.7. The maximum absolute atomic E-state index is 12.7. The number of hydrogen-bond acceptors (Lipinski definition) is 5. The Bertz CT molecular complexity index is 1020. The Morgan fingerprint density at radius 2 is 1.87 bits per heavy atom. The quantitative estimate of drug-likeness (QED) is 0.743. The van der Waals surface area contributed by atoms with Crippen molar-refractivity contribution in [2.24, 2.45) is 0 Å². The molecule has 1 saturated heterocycles. The summed E-state index contributed by atoms with van der Waals surface area (Å²) in [6.45, 7) is 7.16. The van der Waals surface area contributed by atoms with E-state index in [1.807, 2.05) is 26.8 Å². The van der Waals surface area contributed by atoms with Gasteiger partial charge in [-0.25, -0.2) is 0 Å².